The van der Waals surface area contributed by atoms with E-state index in [2.05, 4.69) is 0 Å². The van der Waals surface area contributed by atoms with Crippen LogP contribution in [0.2, 0.25) is 0 Å². The zero-order valence-electron chi connectivity index (χ0n) is 13.1. The Bertz CT molecular complexity index is 377. The van der Waals surface area contributed by atoms with Crippen LogP contribution in [-0.4, -0.2) is 53.6 Å². The van der Waals surface area contributed by atoms with Crippen molar-refractivity contribution < 1.29 is 14.4 Å². The molecule has 0 spiro atoms. The molecule has 0 saturated carbocycles. The Morgan fingerprint density at radius 1 is 0.850 bits per heavy atom. The number of rotatable bonds is 4. The lowest BCUT2D eigenvalue weighted by atomic mass is 9.91. The van der Waals surface area contributed by atoms with Crippen molar-refractivity contribution in [2.45, 2.75) is 47.0 Å². The summed E-state index contributed by atoms with van der Waals surface area (Å²) in [5, 5.41) is 0. The number of hydrogen-bond donors (Lipinski definition) is 0. The van der Waals surface area contributed by atoms with Crippen molar-refractivity contribution in [2.24, 2.45) is 5.41 Å². The van der Waals surface area contributed by atoms with Crippen LogP contribution in [0.5, 0.6) is 0 Å². The summed E-state index contributed by atoms with van der Waals surface area (Å²) in [4.78, 5) is 38.4. The molecule has 5 heteroatoms. The summed E-state index contributed by atoms with van der Waals surface area (Å²) in [5.41, 5.74) is -0.00841. The minimum Gasteiger partial charge on any atom is -0.339 e. The van der Waals surface area contributed by atoms with Gasteiger partial charge in [-0.15, -0.1) is 0 Å². The topological polar surface area (TPSA) is 57.7 Å². The fraction of sp³-hybridized carbons (Fsp3) is 0.800. The molecule has 0 N–H and O–H groups in total. The van der Waals surface area contributed by atoms with Crippen molar-refractivity contribution in [3.05, 3.63) is 0 Å². The third-order valence-electron chi connectivity index (χ3n) is 3.36. The fourth-order valence-electron chi connectivity index (χ4n) is 2.21. The largest absolute Gasteiger partial charge is 0.339 e. The van der Waals surface area contributed by atoms with Gasteiger partial charge in [0.1, 0.15) is 5.78 Å². The Hall–Kier alpha value is -1.39. The van der Waals surface area contributed by atoms with Crippen molar-refractivity contribution in [2.75, 3.05) is 26.2 Å². The lowest BCUT2D eigenvalue weighted by Crippen LogP contribution is -2.51. The van der Waals surface area contributed by atoms with Gasteiger partial charge in [0.2, 0.25) is 11.8 Å². The van der Waals surface area contributed by atoms with E-state index >= 15 is 0 Å². The van der Waals surface area contributed by atoms with Gasteiger partial charge in [-0.3, -0.25) is 9.59 Å². The monoisotopic (exact) mass is 282 g/mol. The van der Waals surface area contributed by atoms with Gasteiger partial charge in [0.15, 0.2) is 0 Å². The molecule has 0 bridgehead atoms. The second-order valence-corrected chi connectivity index (χ2v) is 6.70. The van der Waals surface area contributed by atoms with Crippen molar-refractivity contribution >= 4 is 17.6 Å². The smallest absolute Gasteiger partial charge is 0.223 e. The predicted molar refractivity (Wildman–Crippen MR) is 77.1 cm³/mol. The zero-order chi connectivity index (χ0) is 15.3. The van der Waals surface area contributed by atoms with Crippen LogP contribution in [0.1, 0.15) is 47.0 Å². The molecule has 0 aromatic rings. The maximum absolute atomic E-state index is 12.1. The summed E-state index contributed by atoms with van der Waals surface area (Å²) in [6, 6.07) is 0. The minimum absolute atomic E-state index is 0.00841. The van der Waals surface area contributed by atoms with Crippen molar-refractivity contribution in [1.82, 2.24) is 9.80 Å². The molecule has 20 heavy (non-hydrogen) atoms. The number of hydrogen-bond acceptors (Lipinski definition) is 3. The molecule has 0 atom stereocenters. The molecular weight excluding hydrogens is 256 g/mol. The molecule has 0 unspecified atom stereocenters. The molecule has 0 radical (unpaired) electrons. The predicted octanol–water partition coefficient (Wildman–Crippen LogP) is 1.46. The first kappa shape index (κ1) is 16.7. The number of amides is 2. The molecule has 2 amide bonds. The molecule has 0 aliphatic carbocycles. The van der Waals surface area contributed by atoms with Gasteiger partial charge in [0, 0.05) is 45.4 Å². The van der Waals surface area contributed by atoms with E-state index in [0.717, 1.165) is 0 Å². The highest BCUT2D eigenvalue weighted by Gasteiger charge is 2.26. The van der Waals surface area contributed by atoms with Crippen molar-refractivity contribution in [3.63, 3.8) is 0 Å². The fourth-order valence-corrected chi connectivity index (χ4v) is 2.21. The van der Waals surface area contributed by atoms with Gasteiger partial charge >= 0.3 is 0 Å². The molecule has 5 nitrogen and oxygen atoms in total. The van der Waals surface area contributed by atoms with Crippen LogP contribution in [0, 0.1) is 5.41 Å². The Morgan fingerprint density at radius 2 is 1.30 bits per heavy atom. The second-order valence-electron chi connectivity index (χ2n) is 6.70. The maximum atomic E-state index is 12.1. The van der Waals surface area contributed by atoms with Gasteiger partial charge in [-0.2, -0.15) is 0 Å². The number of nitrogens with zero attached hydrogens (tertiary/aromatic N) is 2. The van der Waals surface area contributed by atoms with Crippen LogP contribution < -0.4 is 0 Å². The standard InChI is InChI=1S/C15H26N2O3/c1-12(18)5-6-13(19)16-7-9-17(10-8-16)14(20)11-15(2,3)4/h5-11H2,1-4H3. The SMILES string of the molecule is CC(=O)CCC(=O)N1CCN(C(=O)CC(C)(C)C)CC1. The number of Topliss-reactive ketones (excluding diaryl/α,β-unsaturated/α-hetero) is 1. The highest BCUT2D eigenvalue weighted by molar-refractivity contribution is 5.84. The summed E-state index contributed by atoms with van der Waals surface area (Å²) in [6.07, 6.45) is 1.12. The van der Waals surface area contributed by atoms with Gasteiger partial charge in [-0.1, -0.05) is 20.8 Å². The highest BCUT2D eigenvalue weighted by Crippen LogP contribution is 2.20. The summed E-state index contributed by atoms with van der Waals surface area (Å²) >= 11 is 0. The van der Waals surface area contributed by atoms with Gasteiger partial charge in [-0.05, 0) is 12.3 Å². The molecule has 0 aromatic heterocycles. The first-order valence-corrected chi connectivity index (χ1v) is 7.24. The molecular formula is C15H26N2O3. The zero-order valence-corrected chi connectivity index (χ0v) is 13.1. The minimum atomic E-state index is -0.00841. The normalized spacial score (nSPS) is 16.2. The lowest BCUT2D eigenvalue weighted by molar-refractivity contribution is -0.141. The van der Waals surface area contributed by atoms with Crippen molar-refractivity contribution in [3.8, 4) is 0 Å². The average Bonchev–Trinajstić information content (AvgIpc) is 2.34. The van der Waals surface area contributed by atoms with Crippen LogP contribution in [-0.2, 0) is 14.4 Å². The highest BCUT2D eigenvalue weighted by atomic mass is 16.2. The van der Waals surface area contributed by atoms with E-state index in [9.17, 15) is 14.4 Å². The number of piperazine rings is 1. The Morgan fingerprint density at radius 3 is 1.70 bits per heavy atom. The summed E-state index contributed by atoms with van der Waals surface area (Å²) in [6.45, 7) is 9.99. The average molecular weight is 282 g/mol. The van der Waals surface area contributed by atoms with Crippen LogP contribution in [0.15, 0.2) is 0 Å². The van der Waals surface area contributed by atoms with E-state index in [1.54, 1.807) is 4.90 Å². The molecule has 0 aromatic carbocycles. The second kappa shape index (κ2) is 6.86. The van der Waals surface area contributed by atoms with Crippen LogP contribution in [0.25, 0.3) is 0 Å². The van der Waals surface area contributed by atoms with E-state index in [0.29, 0.717) is 39.0 Å². The van der Waals surface area contributed by atoms with Gasteiger partial charge in [0.25, 0.3) is 0 Å². The summed E-state index contributed by atoms with van der Waals surface area (Å²) in [7, 11) is 0. The van der Waals surface area contributed by atoms with Gasteiger partial charge < -0.3 is 14.6 Å². The first-order valence-electron chi connectivity index (χ1n) is 7.24. The van der Waals surface area contributed by atoms with Crippen LogP contribution in [0.3, 0.4) is 0 Å². The lowest BCUT2D eigenvalue weighted by Gasteiger charge is -2.36. The maximum Gasteiger partial charge on any atom is 0.223 e. The molecule has 1 aliphatic rings. The molecule has 1 saturated heterocycles. The van der Waals surface area contributed by atoms with E-state index in [-0.39, 0.29) is 29.4 Å². The van der Waals surface area contributed by atoms with E-state index in [1.807, 2.05) is 25.7 Å². The Labute approximate surface area is 121 Å². The number of carbonyl (C=O) groups excluding carboxylic acids is 3. The van der Waals surface area contributed by atoms with Crippen molar-refractivity contribution in [1.29, 1.82) is 0 Å². The third-order valence-corrected chi connectivity index (χ3v) is 3.36. The summed E-state index contributed by atoms with van der Waals surface area (Å²) in [5.74, 6) is 0.216. The first-order chi connectivity index (χ1) is 9.19. The number of ketones is 1. The van der Waals surface area contributed by atoms with Gasteiger partial charge in [-0.25, -0.2) is 0 Å². The molecule has 1 rings (SSSR count). The molecule has 114 valence electrons. The third kappa shape index (κ3) is 5.72. The molecule has 1 aliphatic heterocycles. The van der Waals surface area contributed by atoms with E-state index in [1.165, 1.54) is 6.92 Å². The quantitative estimate of drug-likeness (QED) is 0.784. The number of carbonyl (C=O) groups is 3. The van der Waals surface area contributed by atoms with E-state index < -0.39 is 0 Å². The Kier molecular flexibility index (Phi) is 5.72. The van der Waals surface area contributed by atoms with E-state index in [4.69, 9.17) is 0 Å². The molecule has 1 heterocycles. The van der Waals surface area contributed by atoms with Crippen LogP contribution >= 0.6 is 0 Å². The van der Waals surface area contributed by atoms with Crippen LogP contribution in [0.4, 0.5) is 0 Å². The van der Waals surface area contributed by atoms with Gasteiger partial charge in [0.05, 0.1) is 0 Å². The summed E-state index contributed by atoms with van der Waals surface area (Å²) < 4.78 is 0. The Balaban J connectivity index is 2.38. The molecule has 1 fully saturated rings.